The Balaban J connectivity index is 1.57. The van der Waals surface area contributed by atoms with Gasteiger partial charge in [-0.1, -0.05) is 12.1 Å². The van der Waals surface area contributed by atoms with E-state index in [0.717, 1.165) is 12.1 Å². The van der Waals surface area contributed by atoms with Gasteiger partial charge in [0.15, 0.2) is 5.13 Å². The van der Waals surface area contributed by atoms with Gasteiger partial charge in [0.2, 0.25) is 11.8 Å². The van der Waals surface area contributed by atoms with Crippen LogP contribution in [0, 0.1) is 5.92 Å². The maximum absolute atomic E-state index is 12.6. The maximum atomic E-state index is 12.6. The van der Waals surface area contributed by atoms with E-state index in [4.69, 9.17) is 0 Å². The number of piperidine rings is 1. The largest absolute Gasteiger partial charge is 0.416 e. The molecule has 1 aromatic heterocycles. The molecule has 0 saturated carbocycles. The molecule has 1 saturated heterocycles. The number of nitrogens with zero attached hydrogens (tertiary/aromatic N) is 2. The van der Waals surface area contributed by atoms with E-state index in [2.05, 4.69) is 10.3 Å². The summed E-state index contributed by atoms with van der Waals surface area (Å²) in [5, 5.41) is 5.03. The van der Waals surface area contributed by atoms with Crippen LogP contribution in [0.1, 0.15) is 24.0 Å². The predicted molar refractivity (Wildman–Crippen MR) is 95.2 cm³/mol. The van der Waals surface area contributed by atoms with E-state index in [1.807, 2.05) is 0 Å². The fraction of sp³-hybridized carbons (Fsp3) is 0.389. The first kappa shape index (κ1) is 19.3. The molecule has 0 radical (unpaired) electrons. The van der Waals surface area contributed by atoms with Crippen LogP contribution < -0.4 is 5.32 Å². The van der Waals surface area contributed by atoms with Crippen LogP contribution in [0.2, 0.25) is 0 Å². The van der Waals surface area contributed by atoms with Crippen LogP contribution in [-0.4, -0.2) is 34.8 Å². The number of benzene rings is 1. The molecule has 1 aromatic carbocycles. The number of carbonyl (C=O) groups excluding carboxylic acids is 2. The van der Waals surface area contributed by atoms with Gasteiger partial charge in [-0.05, 0) is 30.5 Å². The van der Waals surface area contributed by atoms with Gasteiger partial charge in [0.1, 0.15) is 0 Å². The fourth-order valence-electron chi connectivity index (χ4n) is 3.01. The molecule has 1 atom stereocenters. The number of rotatable bonds is 4. The molecule has 1 fully saturated rings. The lowest BCUT2D eigenvalue weighted by atomic mass is 9.96. The van der Waals surface area contributed by atoms with Gasteiger partial charge in [0, 0.05) is 24.7 Å². The highest BCUT2D eigenvalue weighted by Crippen LogP contribution is 2.29. The minimum absolute atomic E-state index is 0.0129. The minimum Gasteiger partial charge on any atom is -0.342 e. The van der Waals surface area contributed by atoms with Gasteiger partial charge >= 0.3 is 6.18 Å². The highest BCUT2D eigenvalue weighted by Gasteiger charge is 2.31. The van der Waals surface area contributed by atoms with Crippen molar-refractivity contribution in [3.63, 3.8) is 0 Å². The molecule has 1 unspecified atom stereocenters. The number of hydrogen-bond acceptors (Lipinski definition) is 4. The van der Waals surface area contributed by atoms with E-state index in [0.29, 0.717) is 36.6 Å². The summed E-state index contributed by atoms with van der Waals surface area (Å²) >= 11 is 1.32. The molecule has 27 heavy (non-hydrogen) atoms. The van der Waals surface area contributed by atoms with Crippen molar-refractivity contribution in [2.45, 2.75) is 25.4 Å². The minimum atomic E-state index is -4.40. The van der Waals surface area contributed by atoms with Crippen molar-refractivity contribution in [2.75, 3.05) is 18.4 Å². The first-order valence-electron chi connectivity index (χ1n) is 8.47. The molecular weight excluding hydrogens is 379 g/mol. The Hall–Kier alpha value is -2.42. The Morgan fingerprint density at radius 1 is 1.26 bits per heavy atom. The fourth-order valence-corrected chi connectivity index (χ4v) is 3.54. The topological polar surface area (TPSA) is 62.3 Å². The molecule has 2 heterocycles. The zero-order valence-corrected chi connectivity index (χ0v) is 15.1. The van der Waals surface area contributed by atoms with Crippen LogP contribution in [0.4, 0.5) is 18.3 Å². The van der Waals surface area contributed by atoms with Crippen LogP contribution in [0.15, 0.2) is 35.8 Å². The smallest absolute Gasteiger partial charge is 0.342 e. The quantitative estimate of drug-likeness (QED) is 0.858. The first-order chi connectivity index (χ1) is 12.8. The van der Waals surface area contributed by atoms with E-state index >= 15 is 0 Å². The molecule has 1 N–H and O–H groups in total. The summed E-state index contributed by atoms with van der Waals surface area (Å²) in [6.07, 6.45) is -1.40. The summed E-state index contributed by atoms with van der Waals surface area (Å²) in [5.74, 6) is -0.683. The van der Waals surface area contributed by atoms with E-state index in [9.17, 15) is 22.8 Å². The number of nitrogens with one attached hydrogen (secondary N) is 1. The summed E-state index contributed by atoms with van der Waals surface area (Å²) in [6.45, 7) is 0.844. The second-order valence-corrected chi connectivity index (χ2v) is 7.27. The van der Waals surface area contributed by atoms with Crippen molar-refractivity contribution < 1.29 is 22.8 Å². The summed E-state index contributed by atoms with van der Waals surface area (Å²) in [4.78, 5) is 30.4. The van der Waals surface area contributed by atoms with Gasteiger partial charge in [-0.3, -0.25) is 9.59 Å². The Kier molecular flexibility index (Phi) is 5.79. The van der Waals surface area contributed by atoms with E-state index in [1.165, 1.54) is 23.5 Å². The molecule has 0 spiro atoms. The molecule has 1 aliphatic rings. The molecule has 3 rings (SSSR count). The van der Waals surface area contributed by atoms with Crippen LogP contribution in [0.5, 0.6) is 0 Å². The van der Waals surface area contributed by atoms with Crippen LogP contribution >= 0.6 is 11.3 Å². The monoisotopic (exact) mass is 397 g/mol. The SMILES string of the molecule is O=C(Nc1nccs1)C1CCCN(C(=O)Cc2ccc(C(F)(F)F)cc2)C1. The average Bonchev–Trinajstić information content (AvgIpc) is 3.14. The molecule has 2 amide bonds. The summed E-state index contributed by atoms with van der Waals surface area (Å²) in [6, 6.07) is 4.58. The molecule has 0 aliphatic carbocycles. The summed E-state index contributed by atoms with van der Waals surface area (Å²) in [5.41, 5.74) is -0.224. The number of thiazole rings is 1. The predicted octanol–water partition coefficient (Wildman–Crippen LogP) is 3.58. The lowest BCUT2D eigenvalue weighted by molar-refractivity contribution is -0.137. The van der Waals surface area contributed by atoms with E-state index < -0.39 is 11.7 Å². The van der Waals surface area contributed by atoms with Gasteiger partial charge in [-0.15, -0.1) is 11.3 Å². The lowest BCUT2D eigenvalue weighted by Gasteiger charge is -2.32. The number of carbonyl (C=O) groups is 2. The Morgan fingerprint density at radius 3 is 2.63 bits per heavy atom. The molecule has 144 valence electrons. The van der Waals surface area contributed by atoms with Crippen LogP contribution in [0.25, 0.3) is 0 Å². The van der Waals surface area contributed by atoms with Gasteiger partial charge < -0.3 is 10.2 Å². The van der Waals surface area contributed by atoms with Gasteiger partial charge in [-0.2, -0.15) is 13.2 Å². The van der Waals surface area contributed by atoms with Crippen molar-refractivity contribution in [3.05, 3.63) is 47.0 Å². The number of aromatic nitrogens is 1. The van der Waals surface area contributed by atoms with Crippen molar-refractivity contribution in [1.82, 2.24) is 9.88 Å². The maximum Gasteiger partial charge on any atom is 0.416 e. The van der Waals surface area contributed by atoms with Crippen LogP contribution in [0.3, 0.4) is 0 Å². The third-order valence-electron chi connectivity index (χ3n) is 4.44. The zero-order chi connectivity index (χ0) is 19.4. The number of likely N-dealkylation sites (tertiary alicyclic amines) is 1. The molecule has 5 nitrogen and oxygen atoms in total. The molecule has 0 bridgehead atoms. The van der Waals surface area contributed by atoms with Gasteiger partial charge in [-0.25, -0.2) is 4.98 Å². The average molecular weight is 397 g/mol. The highest BCUT2D eigenvalue weighted by atomic mass is 32.1. The second-order valence-electron chi connectivity index (χ2n) is 6.38. The number of hydrogen-bond donors (Lipinski definition) is 1. The molecule has 9 heteroatoms. The Bertz CT molecular complexity index is 791. The van der Waals surface area contributed by atoms with Gasteiger partial charge in [0.25, 0.3) is 0 Å². The molecular formula is C18H18F3N3O2S. The highest BCUT2D eigenvalue weighted by molar-refractivity contribution is 7.13. The van der Waals surface area contributed by atoms with Crippen molar-refractivity contribution >= 4 is 28.3 Å². The van der Waals surface area contributed by atoms with E-state index in [-0.39, 0.29) is 24.2 Å². The Morgan fingerprint density at radius 2 is 2.00 bits per heavy atom. The molecule has 1 aliphatic heterocycles. The first-order valence-corrected chi connectivity index (χ1v) is 9.35. The number of halogens is 3. The summed E-state index contributed by atoms with van der Waals surface area (Å²) < 4.78 is 37.8. The van der Waals surface area contributed by atoms with Crippen molar-refractivity contribution in [3.8, 4) is 0 Å². The van der Waals surface area contributed by atoms with E-state index in [1.54, 1.807) is 16.5 Å². The van der Waals surface area contributed by atoms with Gasteiger partial charge in [0.05, 0.1) is 17.9 Å². The third kappa shape index (κ3) is 5.06. The zero-order valence-electron chi connectivity index (χ0n) is 14.3. The second kappa shape index (κ2) is 8.08. The van der Waals surface area contributed by atoms with Crippen molar-refractivity contribution in [2.24, 2.45) is 5.92 Å². The third-order valence-corrected chi connectivity index (χ3v) is 5.13. The van der Waals surface area contributed by atoms with Crippen LogP contribution in [-0.2, 0) is 22.2 Å². The normalized spacial score (nSPS) is 17.6. The molecule has 2 aromatic rings. The lowest BCUT2D eigenvalue weighted by Crippen LogP contribution is -2.44. The Labute approximate surface area is 158 Å². The number of anilines is 1. The number of alkyl halides is 3. The summed E-state index contributed by atoms with van der Waals surface area (Å²) in [7, 11) is 0. The number of amides is 2. The van der Waals surface area contributed by atoms with Crippen molar-refractivity contribution in [1.29, 1.82) is 0 Å². The standard InChI is InChI=1S/C18H18F3N3O2S/c19-18(20,21)14-5-3-12(4-6-14)10-15(25)24-8-1-2-13(11-24)16(26)23-17-22-7-9-27-17/h3-7,9,13H,1-2,8,10-11H2,(H,22,23,26).